The van der Waals surface area contributed by atoms with E-state index in [1.54, 1.807) is 14.2 Å². The van der Waals surface area contributed by atoms with E-state index in [9.17, 15) is 0 Å². The summed E-state index contributed by atoms with van der Waals surface area (Å²) in [5, 5.41) is 0. The first kappa shape index (κ1) is 11.6. The highest BCUT2D eigenvalue weighted by Crippen LogP contribution is 2.24. The molecule has 0 fully saturated rings. The number of rotatable bonds is 3. The van der Waals surface area contributed by atoms with E-state index in [1.807, 2.05) is 53.2 Å². The number of nitrogens with zero attached hydrogens (tertiary/aromatic N) is 2. The summed E-state index contributed by atoms with van der Waals surface area (Å²) in [6.45, 7) is 0. The quantitative estimate of drug-likeness (QED) is 0.720. The SMILES string of the molecule is COc1cccc(-c2cn3ccc(OC)cc3n2)c1. The zero-order valence-corrected chi connectivity index (χ0v) is 10.8. The molecular formula is C15H14N2O2. The third-order valence-electron chi connectivity index (χ3n) is 3.03. The van der Waals surface area contributed by atoms with Crippen molar-refractivity contribution >= 4 is 5.65 Å². The Labute approximate surface area is 111 Å². The predicted molar refractivity (Wildman–Crippen MR) is 73.7 cm³/mol. The van der Waals surface area contributed by atoms with Crippen LogP contribution in [0.4, 0.5) is 0 Å². The number of aromatic nitrogens is 2. The lowest BCUT2D eigenvalue weighted by Gasteiger charge is -2.00. The van der Waals surface area contributed by atoms with Gasteiger partial charge in [-0.2, -0.15) is 0 Å². The third-order valence-corrected chi connectivity index (χ3v) is 3.03. The van der Waals surface area contributed by atoms with Crippen LogP contribution in [0.1, 0.15) is 0 Å². The molecule has 0 atom stereocenters. The van der Waals surface area contributed by atoms with Gasteiger partial charge < -0.3 is 13.9 Å². The minimum Gasteiger partial charge on any atom is -0.497 e. The number of methoxy groups -OCH3 is 2. The van der Waals surface area contributed by atoms with E-state index in [0.29, 0.717) is 0 Å². The first-order chi connectivity index (χ1) is 9.30. The van der Waals surface area contributed by atoms with Gasteiger partial charge in [-0.1, -0.05) is 12.1 Å². The molecule has 0 spiro atoms. The molecule has 4 heteroatoms. The summed E-state index contributed by atoms with van der Waals surface area (Å²) >= 11 is 0. The smallest absolute Gasteiger partial charge is 0.141 e. The number of fused-ring (bicyclic) bond motifs is 1. The van der Waals surface area contributed by atoms with Crippen LogP contribution in [0.3, 0.4) is 0 Å². The lowest BCUT2D eigenvalue weighted by atomic mass is 10.1. The lowest BCUT2D eigenvalue weighted by molar-refractivity contribution is 0.414. The van der Waals surface area contributed by atoms with Gasteiger partial charge in [-0.05, 0) is 18.2 Å². The van der Waals surface area contributed by atoms with Crippen LogP contribution < -0.4 is 9.47 Å². The topological polar surface area (TPSA) is 35.8 Å². The lowest BCUT2D eigenvalue weighted by Crippen LogP contribution is -1.86. The van der Waals surface area contributed by atoms with Gasteiger partial charge >= 0.3 is 0 Å². The molecule has 0 amide bonds. The molecule has 0 aliphatic heterocycles. The largest absolute Gasteiger partial charge is 0.497 e. The van der Waals surface area contributed by atoms with Crippen LogP contribution >= 0.6 is 0 Å². The van der Waals surface area contributed by atoms with Crippen molar-refractivity contribution in [2.24, 2.45) is 0 Å². The van der Waals surface area contributed by atoms with Crippen molar-refractivity contribution in [2.75, 3.05) is 14.2 Å². The summed E-state index contributed by atoms with van der Waals surface area (Å²) in [6, 6.07) is 11.7. The number of benzene rings is 1. The van der Waals surface area contributed by atoms with E-state index in [1.165, 1.54) is 0 Å². The zero-order chi connectivity index (χ0) is 13.2. The Bertz CT molecular complexity index is 719. The molecule has 0 saturated carbocycles. The Morgan fingerprint density at radius 2 is 1.79 bits per heavy atom. The average molecular weight is 254 g/mol. The van der Waals surface area contributed by atoms with Crippen molar-refractivity contribution in [3.8, 4) is 22.8 Å². The van der Waals surface area contributed by atoms with Crippen LogP contribution in [0, 0.1) is 0 Å². The summed E-state index contributed by atoms with van der Waals surface area (Å²) < 4.78 is 12.4. The molecule has 0 saturated heterocycles. The summed E-state index contributed by atoms with van der Waals surface area (Å²) in [6.07, 6.45) is 3.92. The van der Waals surface area contributed by atoms with Crippen molar-refractivity contribution < 1.29 is 9.47 Å². The van der Waals surface area contributed by atoms with E-state index in [0.717, 1.165) is 28.4 Å². The van der Waals surface area contributed by atoms with E-state index in [4.69, 9.17) is 9.47 Å². The second-order valence-corrected chi connectivity index (χ2v) is 4.19. The molecule has 0 N–H and O–H groups in total. The fraction of sp³-hybridized carbons (Fsp3) is 0.133. The van der Waals surface area contributed by atoms with E-state index in [2.05, 4.69) is 4.98 Å². The molecule has 4 nitrogen and oxygen atoms in total. The summed E-state index contributed by atoms with van der Waals surface area (Å²) in [5.74, 6) is 1.63. The Hall–Kier alpha value is -2.49. The third kappa shape index (κ3) is 2.12. The second kappa shape index (κ2) is 4.65. The Balaban J connectivity index is 2.09. The fourth-order valence-electron chi connectivity index (χ4n) is 2.01. The van der Waals surface area contributed by atoms with Crippen LogP contribution in [0.2, 0.25) is 0 Å². The van der Waals surface area contributed by atoms with Crippen LogP contribution in [0.5, 0.6) is 11.5 Å². The highest BCUT2D eigenvalue weighted by Gasteiger charge is 2.06. The summed E-state index contributed by atoms with van der Waals surface area (Å²) in [4.78, 5) is 4.59. The van der Waals surface area contributed by atoms with Gasteiger partial charge in [-0.15, -0.1) is 0 Å². The number of pyridine rings is 1. The molecule has 0 radical (unpaired) electrons. The van der Waals surface area contributed by atoms with Crippen molar-refractivity contribution in [3.05, 3.63) is 48.8 Å². The average Bonchev–Trinajstić information content (AvgIpc) is 2.90. The summed E-state index contributed by atoms with van der Waals surface area (Å²) in [7, 11) is 3.31. The number of ether oxygens (including phenoxy) is 2. The van der Waals surface area contributed by atoms with E-state index >= 15 is 0 Å². The molecule has 2 aromatic heterocycles. The zero-order valence-electron chi connectivity index (χ0n) is 10.8. The number of hydrogen-bond acceptors (Lipinski definition) is 3. The van der Waals surface area contributed by atoms with Crippen LogP contribution in [-0.2, 0) is 0 Å². The molecule has 2 heterocycles. The monoisotopic (exact) mass is 254 g/mol. The van der Waals surface area contributed by atoms with E-state index in [-0.39, 0.29) is 0 Å². The fourth-order valence-corrected chi connectivity index (χ4v) is 2.01. The predicted octanol–water partition coefficient (Wildman–Crippen LogP) is 3.02. The minimum absolute atomic E-state index is 0.801. The first-order valence-electron chi connectivity index (χ1n) is 5.97. The molecule has 0 bridgehead atoms. The Kier molecular flexibility index (Phi) is 2.83. The maximum Gasteiger partial charge on any atom is 0.141 e. The molecule has 3 aromatic rings. The van der Waals surface area contributed by atoms with Gasteiger partial charge in [-0.25, -0.2) is 4.98 Å². The molecule has 96 valence electrons. The molecular weight excluding hydrogens is 240 g/mol. The Morgan fingerprint density at radius 1 is 1.00 bits per heavy atom. The van der Waals surface area contributed by atoms with Crippen LogP contribution in [-0.4, -0.2) is 23.6 Å². The van der Waals surface area contributed by atoms with Crippen LogP contribution in [0.25, 0.3) is 16.9 Å². The van der Waals surface area contributed by atoms with Crippen molar-refractivity contribution in [1.29, 1.82) is 0 Å². The molecule has 0 aliphatic carbocycles. The van der Waals surface area contributed by atoms with Crippen molar-refractivity contribution in [3.63, 3.8) is 0 Å². The standard InChI is InChI=1S/C15H14N2O2/c1-18-12-5-3-4-11(8-12)14-10-17-7-6-13(19-2)9-15(17)16-14/h3-10H,1-2H3. The van der Waals surface area contributed by atoms with Crippen LogP contribution in [0.15, 0.2) is 48.8 Å². The molecule has 0 unspecified atom stereocenters. The highest BCUT2D eigenvalue weighted by atomic mass is 16.5. The summed E-state index contributed by atoms with van der Waals surface area (Å²) in [5.41, 5.74) is 2.80. The van der Waals surface area contributed by atoms with Gasteiger partial charge in [0.15, 0.2) is 0 Å². The van der Waals surface area contributed by atoms with Crippen molar-refractivity contribution in [1.82, 2.24) is 9.38 Å². The normalized spacial score (nSPS) is 10.6. The van der Waals surface area contributed by atoms with Gasteiger partial charge in [0.05, 0.1) is 19.9 Å². The van der Waals surface area contributed by atoms with Gasteiger partial charge in [0, 0.05) is 24.0 Å². The maximum absolute atomic E-state index is 5.23. The number of hydrogen-bond donors (Lipinski definition) is 0. The Morgan fingerprint density at radius 3 is 2.58 bits per heavy atom. The maximum atomic E-state index is 5.23. The minimum atomic E-state index is 0.801. The van der Waals surface area contributed by atoms with Gasteiger partial charge in [0.1, 0.15) is 17.1 Å². The first-order valence-corrected chi connectivity index (χ1v) is 5.97. The second-order valence-electron chi connectivity index (χ2n) is 4.19. The highest BCUT2D eigenvalue weighted by molar-refractivity contribution is 5.64. The van der Waals surface area contributed by atoms with Gasteiger partial charge in [0.2, 0.25) is 0 Å². The molecule has 1 aromatic carbocycles. The van der Waals surface area contributed by atoms with Crippen molar-refractivity contribution in [2.45, 2.75) is 0 Å². The van der Waals surface area contributed by atoms with Gasteiger partial charge in [-0.3, -0.25) is 0 Å². The number of imidazole rings is 1. The molecule has 0 aliphatic rings. The molecule has 3 rings (SSSR count). The van der Waals surface area contributed by atoms with Gasteiger partial charge in [0.25, 0.3) is 0 Å². The van der Waals surface area contributed by atoms with E-state index < -0.39 is 0 Å². The molecule has 19 heavy (non-hydrogen) atoms.